The molecule has 0 saturated carbocycles. The first-order valence-electron chi connectivity index (χ1n) is 9.38. The summed E-state index contributed by atoms with van der Waals surface area (Å²) in [6.45, 7) is 3.87. The van der Waals surface area contributed by atoms with Crippen LogP contribution in [-0.2, 0) is 16.4 Å². The maximum atomic E-state index is 13.1. The number of anilines is 2. The van der Waals surface area contributed by atoms with Crippen molar-refractivity contribution in [3.8, 4) is 0 Å². The molecule has 0 radical (unpaired) electrons. The molecule has 29 heavy (non-hydrogen) atoms. The SMILES string of the molecule is CCc1ccccc1NC(=O)c1cccc(S(=O)(=O)N(C)c2ccccc2C)c1. The minimum absolute atomic E-state index is 0.0691. The highest BCUT2D eigenvalue weighted by Crippen LogP contribution is 2.26. The number of sulfonamides is 1. The fourth-order valence-corrected chi connectivity index (χ4v) is 4.45. The number of nitrogens with zero attached hydrogens (tertiary/aromatic N) is 1. The van der Waals surface area contributed by atoms with Crippen LogP contribution in [0.2, 0.25) is 0 Å². The molecular formula is C23H24N2O3S. The van der Waals surface area contributed by atoms with E-state index >= 15 is 0 Å². The summed E-state index contributed by atoms with van der Waals surface area (Å²) in [5, 5.41) is 2.88. The van der Waals surface area contributed by atoms with E-state index in [0.29, 0.717) is 5.69 Å². The van der Waals surface area contributed by atoms with Crippen molar-refractivity contribution in [3.63, 3.8) is 0 Å². The second-order valence-corrected chi connectivity index (χ2v) is 8.72. The van der Waals surface area contributed by atoms with E-state index in [9.17, 15) is 13.2 Å². The molecule has 3 rings (SSSR count). The number of para-hydroxylation sites is 2. The van der Waals surface area contributed by atoms with Crippen LogP contribution in [0.15, 0.2) is 77.7 Å². The van der Waals surface area contributed by atoms with Gasteiger partial charge in [-0.3, -0.25) is 9.10 Å². The molecule has 1 N–H and O–H groups in total. The van der Waals surface area contributed by atoms with Gasteiger partial charge in [0.1, 0.15) is 0 Å². The van der Waals surface area contributed by atoms with Crippen molar-refractivity contribution in [3.05, 3.63) is 89.5 Å². The molecule has 0 unspecified atom stereocenters. The molecule has 0 aliphatic rings. The molecule has 6 heteroatoms. The van der Waals surface area contributed by atoms with E-state index in [1.165, 1.54) is 23.5 Å². The number of aryl methyl sites for hydroxylation is 2. The third-order valence-electron chi connectivity index (χ3n) is 4.86. The highest BCUT2D eigenvalue weighted by molar-refractivity contribution is 7.92. The Bertz CT molecular complexity index is 1140. The van der Waals surface area contributed by atoms with Crippen LogP contribution in [-0.4, -0.2) is 21.4 Å². The lowest BCUT2D eigenvalue weighted by Gasteiger charge is -2.21. The first-order valence-corrected chi connectivity index (χ1v) is 10.8. The number of rotatable bonds is 6. The number of amides is 1. The fourth-order valence-electron chi connectivity index (χ4n) is 3.15. The summed E-state index contributed by atoms with van der Waals surface area (Å²) in [7, 11) is -2.29. The van der Waals surface area contributed by atoms with Gasteiger partial charge in [0, 0.05) is 18.3 Å². The lowest BCUT2D eigenvalue weighted by atomic mass is 10.1. The molecule has 5 nitrogen and oxygen atoms in total. The van der Waals surface area contributed by atoms with Crippen molar-refractivity contribution in [2.24, 2.45) is 0 Å². The predicted octanol–water partition coefficient (Wildman–Crippen LogP) is 4.63. The second-order valence-electron chi connectivity index (χ2n) is 6.75. The van der Waals surface area contributed by atoms with Gasteiger partial charge in [-0.05, 0) is 54.8 Å². The quantitative estimate of drug-likeness (QED) is 0.646. The predicted molar refractivity (Wildman–Crippen MR) is 117 cm³/mol. The van der Waals surface area contributed by atoms with Crippen LogP contribution in [0.3, 0.4) is 0 Å². The highest BCUT2D eigenvalue weighted by Gasteiger charge is 2.23. The summed E-state index contributed by atoms with van der Waals surface area (Å²) in [5.74, 6) is -0.346. The van der Waals surface area contributed by atoms with E-state index in [-0.39, 0.29) is 16.4 Å². The van der Waals surface area contributed by atoms with Crippen molar-refractivity contribution >= 4 is 27.3 Å². The van der Waals surface area contributed by atoms with Crippen LogP contribution in [0.1, 0.15) is 28.4 Å². The zero-order chi connectivity index (χ0) is 21.0. The van der Waals surface area contributed by atoms with Gasteiger partial charge in [0.15, 0.2) is 0 Å². The van der Waals surface area contributed by atoms with Gasteiger partial charge in [-0.25, -0.2) is 8.42 Å². The van der Waals surface area contributed by atoms with E-state index in [4.69, 9.17) is 0 Å². The molecule has 0 bridgehead atoms. The van der Waals surface area contributed by atoms with Crippen LogP contribution in [0.25, 0.3) is 0 Å². The molecule has 1 amide bonds. The molecule has 3 aromatic carbocycles. The largest absolute Gasteiger partial charge is 0.322 e. The maximum Gasteiger partial charge on any atom is 0.264 e. The molecule has 0 spiro atoms. The monoisotopic (exact) mass is 408 g/mol. The van der Waals surface area contributed by atoms with Gasteiger partial charge in [0.25, 0.3) is 15.9 Å². The zero-order valence-electron chi connectivity index (χ0n) is 16.7. The Morgan fingerprint density at radius 1 is 0.966 bits per heavy atom. The van der Waals surface area contributed by atoms with Crippen molar-refractivity contribution in [1.82, 2.24) is 0 Å². The Labute approximate surface area is 172 Å². The molecule has 0 atom stereocenters. The third-order valence-corrected chi connectivity index (χ3v) is 6.62. The number of carbonyl (C=O) groups is 1. The van der Waals surface area contributed by atoms with E-state index < -0.39 is 10.0 Å². The molecule has 0 fully saturated rings. The van der Waals surface area contributed by atoms with Crippen LogP contribution in [0.4, 0.5) is 11.4 Å². The van der Waals surface area contributed by atoms with Crippen molar-refractivity contribution in [2.75, 3.05) is 16.7 Å². The minimum Gasteiger partial charge on any atom is -0.322 e. The van der Waals surface area contributed by atoms with Crippen molar-refractivity contribution < 1.29 is 13.2 Å². The molecule has 0 saturated heterocycles. The molecule has 150 valence electrons. The summed E-state index contributed by atoms with van der Waals surface area (Å²) in [4.78, 5) is 12.8. The lowest BCUT2D eigenvalue weighted by Crippen LogP contribution is -2.27. The number of carbonyl (C=O) groups excluding carboxylic acids is 1. The van der Waals surface area contributed by atoms with E-state index in [1.807, 2.05) is 50.2 Å². The Balaban J connectivity index is 1.90. The summed E-state index contributed by atoms with van der Waals surface area (Å²) >= 11 is 0. The molecule has 0 aliphatic heterocycles. The summed E-state index contributed by atoms with van der Waals surface area (Å²) < 4.78 is 27.5. The first kappa shape index (κ1) is 20.6. The maximum absolute atomic E-state index is 13.1. The average Bonchev–Trinajstić information content (AvgIpc) is 2.74. The third kappa shape index (κ3) is 4.32. The summed E-state index contributed by atoms with van der Waals surface area (Å²) in [5.41, 5.74) is 3.48. The van der Waals surface area contributed by atoms with Gasteiger partial charge in [-0.1, -0.05) is 49.4 Å². The first-order chi connectivity index (χ1) is 13.8. The van der Waals surface area contributed by atoms with Gasteiger partial charge >= 0.3 is 0 Å². The Morgan fingerprint density at radius 2 is 1.66 bits per heavy atom. The number of benzene rings is 3. The van der Waals surface area contributed by atoms with E-state index in [1.54, 1.807) is 24.3 Å². The average molecular weight is 409 g/mol. The normalized spacial score (nSPS) is 11.1. The zero-order valence-corrected chi connectivity index (χ0v) is 17.5. The standard InChI is InChI=1S/C23H24N2O3S/c1-4-18-11-6-7-14-21(18)24-23(26)19-12-9-13-20(16-19)29(27,28)25(3)22-15-8-5-10-17(22)2/h5-16H,4H2,1-3H3,(H,24,26). The van der Waals surface area contributed by atoms with E-state index in [0.717, 1.165) is 23.2 Å². The second kappa shape index (κ2) is 8.49. The Kier molecular flexibility index (Phi) is 6.03. The van der Waals surface area contributed by atoms with Gasteiger partial charge < -0.3 is 5.32 Å². The van der Waals surface area contributed by atoms with Crippen LogP contribution in [0.5, 0.6) is 0 Å². The number of hydrogen-bond acceptors (Lipinski definition) is 3. The molecule has 0 aromatic heterocycles. The van der Waals surface area contributed by atoms with Crippen molar-refractivity contribution in [1.29, 1.82) is 0 Å². The van der Waals surface area contributed by atoms with Crippen LogP contribution >= 0.6 is 0 Å². The lowest BCUT2D eigenvalue weighted by molar-refractivity contribution is 0.102. The smallest absolute Gasteiger partial charge is 0.264 e. The van der Waals surface area contributed by atoms with Crippen LogP contribution in [0, 0.1) is 6.92 Å². The highest BCUT2D eigenvalue weighted by atomic mass is 32.2. The number of hydrogen-bond donors (Lipinski definition) is 1. The topological polar surface area (TPSA) is 66.5 Å². The van der Waals surface area contributed by atoms with Gasteiger partial charge in [-0.2, -0.15) is 0 Å². The fraction of sp³-hybridized carbons (Fsp3) is 0.174. The van der Waals surface area contributed by atoms with Gasteiger partial charge in [-0.15, -0.1) is 0 Å². The minimum atomic E-state index is -3.80. The Morgan fingerprint density at radius 3 is 2.38 bits per heavy atom. The summed E-state index contributed by atoms with van der Waals surface area (Å²) in [6.07, 6.45) is 0.784. The summed E-state index contributed by atoms with van der Waals surface area (Å²) in [6, 6.07) is 20.9. The van der Waals surface area contributed by atoms with Gasteiger partial charge in [0.2, 0.25) is 0 Å². The number of nitrogens with one attached hydrogen (secondary N) is 1. The van der Waals surface area contributed by atoms with Crippen LogP contribution < -0.4 is 9.62 Å². The molecular weight excluding hydrogens is 384 g/mol. The Hall–Kier alpha value is -3.12. The molecule has 3 aromatic rings. The molecule has 0 heterocycles. The van der Waals surface area contributed by atoms with Gasteiger partial charge in [0.05, 0.1) is 10.6 Å². The molecule has 0 aliphatic carbocycles. The van der Waals surface area contributed by atoms with Crippen molar-refractivity contribution in [2.45, 2.75) is 25.2 Å². The van der Waals surface area contributed by atoms with E-state index in [2.05, 4.69) is 5.32 Å².